The highest BCUT2D eigenvalue weighted by atomic mass is 16.5. The minimum absolute atomic E-state index is 0.529. The molecule has 2 rings (SSSR count). The second-order valence-electron chi connectivity index (χ2n) is 5.69. The summed E-state index contributed by atoms with van der Waals surface area (Å²) in [7, 11) is 0. The molecule has 19 heavy (non-hydrogen) atoms. The van der Waals surface area contributed by atoms with Gasteiger partial charge in [-0.1, -0.05) is 43.7 Å². The number of hydrogen-bond acceptors (Lipinski definition) is 4. The van der Waals surface area contributed by atoms with Crippen LogP contribution in [0.4, 0.5) is 0 Å². The SMILES string of the molecule is NCCCCCc1nc(C2CCCCCCC2)no1. The molecule has 0 amide bonds. The summed E-state index contributed by atoms with van der Waals surface area (Å²) >= 11 is 0. The van der Waals surface area contributed by atoms with Crippen LogP contribution in [0.25, 0.3) is 0 Å². The highest BCUT2D eigenvalue weighted by Crippen LogP contribution is 2.29. The molecule has 108 valence electrons. The van der Waals surface area contributed by atoms with Crippen molar-refractivity contribution < 1.29 is 4.52 Å². The van der Waals surface area contributed by atoms with Crippen LogP contribution < -0.4 is 5.73 Å². The first-order chi connectivity index (χ1) is 9.40. The van der Waals surface area contributed by atoms with Crippen LogP contribution in [0.3, 0.4) is 0 Å². The van der Waals surface area contributed by atoms with E-state index in [1.807, 2.05) is 0 Å². The predicted octanol–water partition coefficient (Wildman–Crippen LogP) is 3.57. The highest BCUT2D eigenvalue weighted by Gasteiger charge is 2.19. The molecular formula is C15H27N3O. The van der Waals surface area contributed by atoms with Gasteiger partial charge in [-0.05, 0) is 32.2 Å². The Morgan fingerprint density at radius 3 is 2.47 bits per heavy atom. The van der Waals surface area contributed by atoms with E-state index in [1.165, 1.54) is 44.9 Å². The lowest BCUT2D eigenvalue weighted by atomic mass is 9.91. The van der Waals surface area contributed by atoms with Crippen molar-refractivity contribution in [3.8, 4) is 0 Å². The van der Waals surface area contributed by atoms with E-state index in [-0.39, 0.29) is 0 Å². The van der Waals surface area contributed by atoms with E-state index in [0.29, 0.717) is 5.92 Å². The molecule has 1 aliphatic rings. The van der Waals surface area contributed by atoms with Gasteiger partial charge in [0.1, 0.15) is 0 Å². The third-order valence-electron chi connectivity index (χ3n) is 4.05. The minimum atomic E-state index is 0.529. The molecule has 0 bridgehead atoms. The van der Waals surface area contributed by atoms with Crippen molar-refractivity contribution in [1.29, 1.82) is 0 Å². The van der Waals surface area contributed by atoms with E-state index in [4.69, 9.17) is 10.3 Å². The van der Waals surface area contributed by atoms with Gasteiger partial charge in [0, 0.05) is 12.3 Å². The molecule has 0 spiro atoms. The van der Waals surface area contributed by atoms with E-state index in [9.17, 15) is 0 Å². The summed E-state index contributed by atoms with van der Waals surface area (Å²) in [4.78, 5) is 4.59. The third-order valence-corrected chi connectivity index (χ3v) is 4.05. The largest absolute Gasteiger partial charge is 0.339 e. The van der Waals surface area contributed by atoms with E-state index in [2.05, 4.69) is 10.1 Å². The zero-order chi connectivity index (χ0) is 13.3. The molecule has 1 aromatic rings. The Bertz CT molecular complexity index is 343. The van der Waals surface area contributed by atoms with Gasteiger partial charge in [-0.2, -0.15) is 4.98 Å². The van der Waals surface area contributed by atoms with Crippen LogP contribution in [0.5, 0.6) is 0 Å². The fourth-order valence-corrected chi connectivity index (χ4v) is 2.85. The lowest BCUT2D eigenvalue weighted by Gasteiger charge is -2.15. The molecule has 0 unspecified atom stereocenters. The second-order valence-corrected chi connectivity index (χ2v) is 5.69. The van der Waals surface area contributed by atoms with Gasteiger partial charge in [0.05, 0.1) is 0 Å². The first-order valence-electron chi connectivity index (χ1n) is 7.92. The molecule has 1 aliphatic carbocycles. The normalized spacial score (nSPS) is 18.2. The lowest BCUT2D eigenvalue weighted by Crippen LogP contribution is -2.04. The summed E-state index contributed by atoms with van der Waals surface area (Å²) in [6.45, 7) is 0.775. The number of nitrogens with two attached hydrogens (primary N) is 1. The first kappa shape index (κ1) is 14.5. The maximum Gasteiger partial charge on any atom is 0.226 e. The fourth-order valence-electron chi connectivity index (χ4n) is 2.85. The van der Waals surface area contributed by atoms with Gasteiger partial charge in [0.15, 0.2) is 5.82 Å². The van der Waals surface area contributed by atoms with Crippen LogP contribution in [0.15, 0.2) is 4.52 Å². The van der Waals surface area contributed by atoms with Crippen LogP contribution in [0, 0.1) is 0 Å². The molecule has 0 radical (unpaired) electrons. The molecule has 0 aromatic carbocycles. The van der Waals surface area contributed by atoms with Gasteiger partial charge >= 0.3 is 0 Å². The molecule has 1 heterocycles. The predicted molar refractivity (Wildman–Crippen MR) is 76.0 cm³/mol. The number of nitrogens with zero attached hydrogens (tertiary/aromatic N) is 2. The quantitative estimate of drug-likeness (QED) is 0.799. The molecule has 1 aromatic heterocycles. The molecule has 4 heteroatoms. The average molecular weight is 265 g/mol. The summed E-state index contributed by atoms with van der Waals surface area (Å²) in [6, 6.07) is 0. The number of unbranched alkanes of at least 4 members (excludes halogenated alkanes) is 2. The van der Waals surface area contributed by atoms with Gasteiger partial charge in [0.2, 0.25) is 5.89 Å². The molecular weight excluding hydrogens is 238 g/mol. The van der Waals surface area contributed by atoms with Gasteiger partial charge in [-0.15, -0.1) is 0 Å². The molecule has 4 nitrogen and oxygen atoms in total. The van der Waals surface area contributed by atoms with Crippen LogP contribution >= 0.6 is 0 Å². The Hall–Kier alpha value is -0.900. The molecule has 0 atom stereocenters. The lowest BCUT2D eigenvalue weighted by molar-refractivity contribution is 0.358. The number of rotatable bonds is 6. The summed E-state index contributed by atoms with van der Waals surface area (Å²) in [5.41, 5.74) is 5.49. The minimum Gasteiger partial charge on any atom is -0.339 e. The zero-order valence-electron chi connectivity index (χ0n) is 11.9. The molecule has 0 aliphatic heterocycles. The maximum absolute atomic E-state index is 5.49. The smallest absolute Gasteiger partial charge is 0.226 e. The first-order valence-corrected chi connectivity index (χ1v) is 7.92. The summed E-state index contributed by atoms with van der Waals surface area (Å²) in [6.07, 6.45) is 13.4. The Labute approximate surface area is 116 Å². The van der Waals surface area contributed by atoms with Crippen molar-refractivity contribution >= 4 is 0 Å². The van der Waals surface area contributed by atoms with Crippen molar-refractivity contribution in [1.82, 2.24) is 10.1 Å². The Balaban J connectivity index is 1.81. The Kier molecular flexibility index (Phi) is 6.34. The third kappa shape index (κ3) is 4.94. The standard InChI is InChI=1S/C15H27N3O/c16-12-8-4-7-11-14-17-15(18-19-14)13-9-5-2-1-3-6-10-13/h13H,1-12,16H2. The maximum atomic E-state index is 5.49. The summed E-state index contributed by atoms with van der Waals surface area (Å²) < 4.78 is 5.38. The van der Waals surface area contributed by atoms with Crippen molar-refractivity contribution in [3.63, 3.8) is 0 Å². The van der Waals surface area contributed by atoms with Crippen molar-refractivity contribution in [3.05, 3.63) is 11.7 Å². The van der Waals surface area contributed by atoms with E-state index < -0.39 is 0 Å². The molecule has 1 saturated carbocycles. The van der Waals surface area contributed by atoms with Crippen molar-refractivity contribution in [2.75, 3.05) is 6.54 Å². The number of aryl methyl sites for hydroxylation is 1. The van der Waals surface area contributed by atoms with Gasteiger partial charge in [-0.3, -0.25) is 0 Å². The monoisotopic (exact) mass is 265 g/mol. The fraction of sp³-hybridized carbons (Fsp3) is 0.867. The van der Waals surface area contributed by atoms with E-state index in [0.717, 1.165) is 43.9 Å². The molecule has 1 fully saturated rings. The van der Waals surface area contributed by atoms with Gasteiger partial charge in [0.25, 0.3) is 0 Å². The zero-order valence-corrected chi connectivity index (χ0v) is 11.9. The molecule has 0 saturated heterocycles. The highest BCUT2D eigenvalue weighted by molar-refractivity contribution is 4.96. The van der Waals surface area contributed by atoms with Crippen molar-refractivity contribution in [2.24, 2.45) is 5.73 Å². The molecule has 2 N–H and O–H groups in total. The van der Waals surface area contributed by atoms with E-state index >= 15 is 0 Å². The van der Waals surface area contributed by atoms with E-state index in [1.54, 1.807) is 0 Å². The van der Waals surface area contributed by atoms with Crippen LogP contribution in [0.1, 0.15) is 81.8 Å². The number of hydrogen-bond donors (Lipinski definition) is 1. The Morgan fingerprint density at radius 2 is 1.74 bits per heavy atom. The van der Waals surface area contributed by atoms with Gasteiger partial charge < -0.3 is 10.3 Å². The summed E-state index contributed by atoms with van der Waals surface area (Å²) in [5.74, 6) is 2.30. The topological polar surface area (TPSA) is 64.9 Å². The van der Waals surface area contributed by atoms with Crippen LogP contribution in [-0.4, -0.2) is 16.7 Å². The summed E-state index contributed by atoms with van der Waals surface area (Å²) in [5, 5.41) is 4.20. The van der Waals surface area contributed by atoms with Crippen LogP contribution in [0.2, 0.25) is 0 Å². The van der Waals surface area contributed by atoms with Crippen molar-refractivity contribution in [2.45, 2.75) is 76.5 Å². The van der Waals surface area contributed by atoms with Gasteiger partial charge in [-0.25, -0.2) is 0 Å². The Morgan fingerprint density at radius 1 is 1.00 bits per heavy atom. The number of aromatic nitrogens is 2. The average Bonchev–Trinajstić information content (AvgIpc) is 2.83. The second kappa shape index (κ2) is 8.31. The van der Waals surface area contributed by atoms with Crippen LogP contribution in [-0.2, 0) is 6.42 Å².